The van der Waals surface area contributed by atoms with E-state index < -0.39 is 0 Å². The van der Waals surface area contributed by atoms with Crippen LogP contribution in [0.25, 0.3) is 0 Å². The Hall–Kier alpha value is -1.55. The van der Waals surface area contributed by atoms with Gasteiger partial charge in [-0.3, -0.25) is 0 Å². The lowest BCUT2D eigenvalue weighted by Gasteiger charge is -2.30. The molecular formula is C24H36ClNO2. The van der Waals surface area contributed by atoms with E-state index in [4.69, 9.17) is 9.47 Å². The van der Waals surface area contributed by atoms with E-state index in [1.165, 1.54) is 11.1 Å². The lowest BCUT2D eigenvalue weighted by Crippen LogP contribution is -3.00. The van der Waals surface area contributed by atoms with Crippen LogP contribution in [0.5, 0.6) is 5.75 Å². The highest BCUT2D eigenvalue weighted by Gasteiger charge is 2.18. The number of ether oxygens (including phenoxy) is 2. The molecule has 156 valence electrons. The Morgan fingerprint density at radius 3 is 2.21 bits per heavy atom. The van der Waals surface area contributed by atoms with Crippen LogP contribution >= 0.6 is 0 Å². The van der Waals surface area contributed by atoms with Gasteiger partial charge in [0.05, 0.1) is 27.3 Å². The fourth-order valence-corrected chi connectivity index (χ4v) is 3.23. The molecule has 0 fully saturated rings. The van der Waals surface area contributed by atoms with Crippen LogP contribution in [0.3, 0.4) is 0 Å². The molecule has 0 heterocycles. The third-order valence-electron chi connectivity index (χ3n) is 4.72. The number of likely N-dealkylation sites (N-methyl/N-ethyl adjacent to an activating group) is 1. The monoisotopic (exact) mass is 405 g/mol. The Labute approximate surface area is 177 Å². The first-order chi connectivity index (χ1) is 12.9. The van der Waals surface area contributed by atoms with Gasteiger partial charge in [-0.1, -0.05) is 62.4 Å². The third-order valence-corrected chi connectivity index (χ3v) is 4.72. The highest BCUT2D eigenvalue weighted by molar-refractivity contribution is 5.31. The SMILES string of the molecule is Cc1ccccc1OC(COCC[N+](C)(C)Cc1ccccc1)CC(C)C.[Cl-]. The van der Waals surface area contributed by atoms with Gasteiger partial charge in [0, 0.05) is 5.56 Å². The first-order valence-corrected chi connectivity index (χ1v) is 10.0. The maximum absolute atomic E-state index is 6.25. The summed E-state index contributed by atoms with van der Waals surface area (Å²) in [6.07, 6.45) is 1.09. The van der Waals surface area contributed by atoms with Gasteiger partial charge in [0.2, 0.25) is 0 Å². The zero-order valence-electron chi connectivity index (χ0n) is 18.0. The van der Waals surface area contributed by atoms with Crippen LogP contribution in [0.2, 0.25) is 0 Å². The average molecular weight is 406 g/mol. The molecule has 28 heavy (non-hydrogen) atoms. The highest BCUT2D eigenvalue weighted by Crippen LogP contribution is 2.20. The van der Waals surface area contributed by atoms with E-state index in [1.807, 2.05) is 18.2 Å². The number of benzene rings is 2. The van der Waals surface area contributed by atoms with E-state index >= 15 is 0 Å². The van der Waals surface area contributed by atoms with Crippen LogP contribution in [0.4, 0.5) is 0 Å². The molecule has 0 spiro atoms. The zero-order chi connectivity index (χ0) is 19.7. The molecule has 0 N–H and O–H groups in total. The van der Waals surface area contributed by atoms with Crippen LogP contribution in [0.15, 0.2) is 54.6 Å². The molecule has 3 nitrogen and oxygen atoms in total. The van der Waals surface area contributed by atoms with E-state index in [-0.39, 0.29) is 18.5 Å². The van der Waals surface area contributed by atoms with E-state index in [1.54, 1.807) is 0 Å². The first kappa shape index (κ1) is 24.5. The van der Waals surface area contributed by atoms with Crippen molar-refractivity contribution in [2.45, 2.75) is 39.8 Å². The molecule has 1 atom stereocenters. The minimum atomic E-state index is 0. The lowest BCUT2D eigenvalue weighted by molar-refractivity contribution is -0.904. The van der Waals surface area contributed by atoms with Gasteiger partial charge in [0.25, 0.3) is 0 Å². The topological polar surface area (TPSA) is 18.5 Å². The summed E-state index contributed by atoms with van der Waals surface area (Å²) in [4.78, 5) is 0. The third kappa shape index (κ3) is 9.09. The molecule has 2 aromatic carbocycles. The summed E-state index contributed by atoms with van der Waals surface area (Å²) in [6, 6.07) is 18.9. The maximum Gasteiger partial charge on any atom is 0.122 e. The summed E-state index contributed by atoms with van der Waals surface area (Å²) >= 11 is 0. The number of nitrogens with zero attached hydrogens (tertiary/aromatic N) is 1. The van der Waals surface area contributed by atoms with Gasteiger partial charge in [0.15, 0.2) is 0 Å². The van der Waals surface area contributed by atoms with Crippen LogP contribution < -0.4 is 17.1 Å². The Morgan fingerprint density at radius 2 is 1.57 bits per heavy atom. The van der Waals surface area contributed by atoms with Gasteiger partial charge < -0.3 is 26.4 Å². The number of quaternary nitrogens is 1. The van der Waals surface area contributed by atoms with Crippen molar-refractivity contribution in [3.05, 3.63) is 65.7 Å². The normalized spacial score (nSPS) is 12.5. The van der Waals surface area contributed by atoms with Crippen molar-refractivity contribution < 1.29 is 26.4 Å². The molecule has 2 rings (SSSR count). The van der Waals surface area contributed by atoms with E-state index in [9.17, 15) is 0 Å². The van der Waals surface area contributed by atoms with Crippen LogP contribution in [-0.2, 0) is 11.3 Å². The average Bonchev–Trinajstić information content (AvgIpc) is 2.60. The van der Waals surface area contributed by atoms with E-state index in [0.717, 1.165) is 36.3 Å². The Morgan fingerprint density at radius 1 is 0.929 bits per heavy atom. The molecule has 2 aromatic rings. The molecule has 0 saturated heterocycles. The first-order valence-electron chi connectivity index (χ1n) is 10.0. The Balaban J connectivity index is 0.00000392. The fraction of sp³-hybridized carbons (Fsp3) is 0.500. The lowest BCUT2D eigenvalue weighted by atomic mass is 10.1. The van der Waals surface area contributed by atoms with Gasteiger partial charge in [-0.25, -0.2) is 0 Å². The molecule has 0 aliphatic carbocycles. The minimum Gasteiger partial charge on any atom is -1.00 e. The predicted molar refractivity (Wildman–Crippen MR) is 113 cm³/mol. The largest absolute Gasteiger partial charge is 1.00 e. The molecule has 0 radical (unpaired) electrons. The number of halogens is 1. The van der Waals surface area contributed by atoms with Crippen molar-refractivity contribution in [1.82, 2.24) is 0 Å². The molecule has 0 aliphatic rings. The number of aryl methyl sites for hydroxylation is 1. The number of hydrogen-bond acceptors (Lipinski definition) is 2. The quantitative estimate of drug-likeness (QED) is 0.421. The van der Waals surface area contributed by atoms with Crippen molar-refractivity contribution in [2.75, 3.05) is 33.9 Å². The molecule has 0 amide bonds. The number of rotatable bonds is 11. The fourth-order valence-electron chi connectivity index (χ4n) is 3.23. The number of hydrogen-bond donors (Lipinski definition) is 0. The summed E-state index contributed by atoms with van der Waals surface area (Å²) in [5.41, 5.74) is 2.54. The molecule has 0 aromatic heterocycles. The summed E-state index contributed by atoms with van der Waals surface area (Å²) in [5.74, 6) is 1.54. The standard InChI is InChI=1S/C24H36NO2.ClH/c1-20(2)17-23(27-24-14-10-9-11-21(24)3)19-26-16-15-25(4,5)18-22-12-7-6-8-13-22;/h6-14,20,23H,15-19H2,1-5H3;1H/q+1;/p-1. The second-order valence-corrected chi connectivity index (χ2v) is 8.51. The summed E-state index contributed by atoms with van der Waals surface area (Å²) in [7, 11) is 4.51. The van der Waals surface area contributed by atoms with Gasteiger partial charge in [0.1, 0.15) is 24.9 Å². The predicted octanol–water partition coefficient (Wildman–Crippen LogP) is 2.09. The number of para-hydroxylation sites is 1. The van der Waals surface area contributed by atoms with Crippen LogP contribution in [0.1, 0.15) is 31.4 Å². The molecule has 0 aliphatic heterocycles. The molecular weight excluding hydrogens is 370 g/mol. The molecule has 1 unspecified atom stereocenters. The molecule has 0 bridgehead atoms. The summed E-state index contributed by atoms with van der Waals surface area (Å²) in [5, 5.41) is 0. The van der Waals surface area contributed by atoms with Gasteiger partial charge in [-0.2, -0.15) is 0 Å². The molecule has 4 heteroatoms. The summed E-state index contributed by atoms with van der Waals surface area (Å²) < 4.78 is 13.2. The van der Waals surface area contributed by atoms with Crippen LogP contribution in [0, 0.1) is 12.8 Å². The van der Waals surface area contributed by atoms with Gasteiger partial charge in [-0.05, 0) is 30.9 Å². The summed E-state index contributed by atoms with van der Waals surface area (Å²) in [6.45, 7) is 9.92. The van der Waals surface area contributed by atoms with E-state index in [2.05, 4.69) is 71.3 Å². The second kappa shape index (κ2) is 12.1. The van der Waals surface area contributed by atoms with Crippen molar-refractivity contribution >= 4 is 0 Å². The Kier molecular flexibility index (Phi) is 10.6. The van der Waals surface area contributed by atoms with Gasteiger partial charge >= 0.3 is 0 Å². The smallest absolute Gasteiger partial charge is 0.122 e. The van der Waals surface area contributed by atoms with Crippen LogP contribution in [-0.4, -0.2) is 44.4 Å². The molecule has 0 saturated carbocycles. The second-order valence-electron chi connectivity index (χ2n) is 8.51. The van der Waals surface area contributed by atoms with Gasteiger partial charge in [-0.15, -0.1) is 0 Å². The highest BCUT2D eigenvalue weighted by atomic mass is 35.5. The maximum atomic E-state index is 6.25. The van der Waals surface area contributed by atoms with Crippen molar-refractivity contribution in [3.63, 3.8) is 0 Å². The van der Waals surface area contributed by atoms with E-state index in [0.29, 0.717) is 12.5 Å². The Bertz CT molecular complexity index is 673. The van der Waals surface area contributed by atoms with Crippen molar-refractivity contribution in [1.29, 1.82) is 0 Å². The zero-order valence-corrected chi connectivity index (χ0v) is 18.8. The van der Waals surface area contributed by atoms with Crippen molar-refractivity contribution in [3.8, 4) is 5.75 Å². The minimum absolute atomic E-state index is 0. The van der Waals surface area contributed by atoms with Crippen molar-refractivity contribution in [2.24, 2.45) is 5.92 Å².